The van der Waals surface area contributed by atoms with Crippen molar-refractivity contribution in [2.75, 3.05) is 20.8 Å². The number of aliphatic imine (C=N–C) groups is 1. The molecule has 1 unspecified atom stereocenters. The van der Waals surface area contributed by atoms with Gasteiger partial charge in [0, 0.05) is 12.1 Å². The van der Waals surface area contributed by atoms with Crippen LogP contribution in [0.3, 0.4) is 0 Å². The molecule has 1 atom stereocenters. The van der Waals surface area contributed by atoms with Crippen LogP contribution in [-0.4, -0.2) is 38.4 Å². The van der Waals surface area contributed by atoms with Gasteiger partial charge in [-0.15, -0.1) is 0 Å². The van der Waals surface area contributed by atoms with Crippen LogP contribution in [-0.2, 0) is 4.79 Å². The lowest BCUT2D eigenvalue weighted by Gasteiger charge is -2.21. The van der Waals surface area contributed by atoms with Crippen LogP contribution in [0, 0.1) is 6.92 Å². The predicted octanol–water partition coefficient (Wildman–Crippen LogP) is 4.39. The lowest BCUT2D eigenvalue weighted by molar-refractivity contribution is -0.121. The van der Waals surface area contributed by atoms with E-state index in [2.05, 4.69) is 0 Å². The van der Waals surface area contributed by atoms with Crippen molar-refractivity contribution in [2.45, 2.75) is 38.6 Å². The lowest BCUT2D eigenvalue weighted by atomic mass is 9.95. The number of benzene rings is 2. The van der Waals surface area contributed by atoms with Crippen molar-refractivity contribution in [3.63, 3.8) is 0 Å². The number of hydrogen-bond donors (Lipinski definition) is 0. The highest BCUT2D eigenvalue weighted by atomic mass is 16.5. The van der Waals surface area contributed by atoms with Gasteiger partial charge in [0.05, 0.1) is 20.3 Å². The molecule has 5 heteroatoms. The normalized spacial score (nSPS) is 16.2. The summed E-state index contributed by atoms with van der Waals surface area (Å²) in [7, 11) is 3.25. The van der Waals surface area contributed by atoms with Crippen molar-refractivity contribution in [1.29, 1.82) is 0 Å². The van der Waals surface area contributed by atoms with E-state index in [1.165, 1.54) is 0 Å². The standard InChI is InChI=1S/C23H27NO4/c1-16-6-4-8-20(12-16)28-15-19(25)14-18-7-5-9-21(24-18)17-10-11-22(26-2)23(13-17)27-3/h4,6,8,10-13,18H,5,7,9,14-15H2,1-3H3. The fraction of sp³-hybridized carbons (Fsp3) is 0.391. The number of nitrogens with zero attached hydrogens (tertiary/aromatic N) is 1. The molecule has 0 spiro atoms. The summed E-state index contributed by atoms with van der Waals surface area (Å²) < 4.78 is 16.3. The first-order valence-corrected chi connectivity index (χ1v) is 9.59. The Morgan fingerprint density at radius 1 is 1.11 bits per heavy atom. The number of carbonyl (C=O) groups is 1. The van der Waals surface area contributed by atoms with Gasteiger partial charge in [0.1, 0.15) is 12.4 Å². The molecule has 0 saturated carbocycles. The monoisotopic (exact) mass is 381 g/mol. The zero-order valence-corrected chi connectivity index (χ0v) is 16.7. The Kier molecular flexibility index (Phi) is 6.69. The van der Waals surface area contributed by atoms with Gasteiger partial charge in [0.2, 0.25) is 0 Å². The summed E-state index contributed by atoms with van der Waals surface area (Å²) in [6.07, 6.45) is 3.25. The highest BCUT2D eigenvalue weighted by molar-refractivity contribution is 6.01. The molecule has 5 nitrogen and oxygen atoms in total. The van der Waals surface area contributed by atoms with Gasteiger partial charge in [-0.05, 0) is 67.6 Å². The van der Waals surface area contributed by atoms with Crippen LogP contribution in [0.4, 0.5) is 0 Å². The van der Waals surface area contributed by atoms with E-state index < -0.39 is 0 Å². The zero-order chi connectivity index (χ0) is 19.9. The SMILES string of the molecule is COc1ccc(C2=NC(CC(=O)COc3cccc(C)c3)CCC2)cc1OC. The molecule has 1 aliphatic heterocycles. The van der Waals surface area contributed by atoms with Crippen LogP contribution in [0.1, 0.15) is 36.8 Å². The van der Waals surface area contributed by atoms with Crippen molar-refractivity contribution in [1.82, 2.24) is 0 Å². The quantitative estimate of drug-likeness (QED) is 0.680. The van der Waals surface area contributed by atoms with Gasteiger partial charge >= 0.3 is 0 Å². The Bertz CT molecular complexity index is 859. The second-order valence-electron chi connectivity index (χ2n) is 7.04. The molecule has 0 fully saturated rings. The molecule has 0 radical (unpaired) electrons. The first-order valence-electron chi connectivity index (χ1n) is 9.59. The fourth-order valence-corrected chi connectivity index (χ4v) is 3.43. The molecule has 0 aliphatic carbocycles. The topological polar surface area (TPSA) is 57.1 Å². The summed E-state index contributed by atoms with van der Waals surface area (Å²) in [5, 5.41) is 0. The third-order valence-corrected chi connectivity index (χ3v) is 4.86. The van der Waals surface area contributed by atoms with E-state index in [9.17, 15) is 4.79 Å². The molecule has 3 rings (SSSR count). The molecular weight excluding hydrogens is 354 g/mol. The van der Waals surface area contributed by atoms with E-state index in [-0.39, 0.29) is 18.4 Å². The molecule has 0 saturated heterocycles. The minimum absolute atomic E-state index is 0.00505. The van der Waals surface area contributed by atoms with E-state index in [1.54, 1.807) is 14.2 Å². The molecule has 1 aliphatic rings. The summed E-state index contributed by atoms with van der Waals surface area (Å²) >= 11 is 0. The molecule has 28 heavy (non-hydrogen) atoms. The molecule has 2 aromatic rings. The Labute approximate surface area is 166 Å². The molecular formula is C23H27NO4. The highest BCUT2D eigenvalue weighted by Crippen LogP contribution is 2.30. The maximum Gasteiger partial charge on any atom is 0.172 e. The predicted molar refractivity (Wildman–Crippen MR) is 110 cm³/mol. The Hall–Kier alpha value is -2.82. The van der Waals surface area contributed by atoms with Gasteiger partial charge in [-0.25, -0.2) is 0 Å². The maximum absolute atomic E-state index is 12.4. The molecule has 0 N–H and O–H groups in total. The van der Waals surface area contributed by atoms with Crippen molar-refractivity contribution in [2.24, 2.45) is 4.99 Å². The van der Waals surface area contributed by atoms with Gasteiger partial charge in [0.25, 0.3) is 0 Å². The third kappa shape index (κ3) is 5.12. The first kappa shape index (κ1) is 19.9. The number of aryl methyl sites for hydroxylation is 1. The van der Waals surface area contributed by atoms with Gasteiger partial charge < -0.3 is 14.2 Å². The summed E-state index contributed by atoms with van der Waals surface area (Å²) in [4.78, 5) is 17.2. The van der Waals surface area contributed by atoms with Gasteiger partial charge in [-0.3, -0.25) is 9.79 Å². The van der Waals surface area contributed by atoms with Crippen LogP contribution in [0.2, 0.25) is 0 Å². The Balaban J connectivity index is 1.62. The zero-order valence-electron chi connectivity index (χ0n) is 16.7. The lowest BCUT2D eigenvalue weighted by Crippen LogP contribution is -2.22. The van der Waals surface area contributed by atoms with Crippen molar-refractivity contribution < 1.29 is 19.0 Å². The van der Waals surface area contributed by atoms with Crippen LogP contribution < -0.4 is 14.2 Å². The van der Waals surface area contributed by atoms with E-state index in [4.69, 9.17) is 19.2 Å². The van der Waals surface area contributed by atoms with E-state index in [1.807, 2.05) is 49.4 Å². The Morgan fingerprint density at radius 3 is 2.68 bits per heavy atom. The molecule has 0 amide bonds. The number of methoxy groups -OCH3 is 2. The van der Waals surface area contributed by atoms with Crippen molar-refractivity contribution in [3.8, 4) is 17.2 Å². The summed E-state index contributed by atoms with van der Waals surface area (Å²) in [6, 6.07) is 13.6. The average molecular weight is 381 g/mol. The maximum atomic E-state index is 12.4. The molecule has 0 aromatic heterocycles. The largest absolute Gasteiger partial charge is 0.493 e. The molecule has 0 bridgehead atoms. The van der Waals surface area contributed by atoms with Crippen LogP contribution >= 0.6 is 0 Å². The minimum Gasteiger partial charge on any atom is -0.493 e. The third-order valence-electron chi connectivity index (χ3n) is 4.86. The van der Waals surface area contributed by atoms with Crippen molar-refractivity contribution >= 4 is 11.5 Å². The minimum atomic E-state index is 0.00505. The number of rotatable bonds is 8. The molecule has 1 heterocycles. The number of carbonyl (C=O) groups excluding carboxylic acids is 1. The number of ketones is 1. The molecule has 148 valence electrons. The van der Waals surface area contributed by atoms with E-state index >= 15 is 0 Å². The highest BCUT2D eigenvalue weighted by Gasteiger charge is 2.20. The average Bonchev–Trinajstić information content (AvgIpc) is 2.72. The first-order chi connectivity index (χ1) is 13.6. The number of ether oxygens (including phenoxy) is 3. The number of Topliss-reactive ketones (excluding diaryl/α,β-unsaturated/α-hetero) is 1. The second kappa shape index (κ2) is 9.40. The van der Waals surface area contributed by atoms with Crippen molar-refractivity contribution in [3.05, 3.63) is 53.6 Å². The van der Waals surface area contributed by atoms with Crippen LogP contribution in [0.25, 0.3) is 0 Å². The van der Waals surface area contributed by atoms with E-state index in [0.717, 1.165) is 41.9 Å². The summed E-state index contributed by atoms with van der Waals surface area (Å²) in [5.41, 5.74) is 3.15. The summed E-state index contributed by atoms with van der Waals surface area (Å²) in [6.45, 7) is 2.09. The van der Waals surface area contributed by atoms with Gasteiger partial charge in [0.15, 0.2) is 17.3 Å². The van der Waals surface area contributed by atoms with E-state index in [0.29, 0.717) is 17.9 Å². The second-order valence-corrected chi connectivity index (χ2v) is 7.04. The van der Waals surface area contributed by atoms with Gasteiger partial charge in [-0.1, -0.05) is 12.1 Å². The van der Waals surface area contributed by atoms with Crippen LogP contribution in [0.5, 0.6) is 17.2 Å². The van der Waals surface area contributed by atoms with Crippen LogP contribution in [0.15, 0.2) is 47.5 Å². The smallest absolute Gasteiger partial charge is 0.172 e. The Morgan fingerprint density at radius 2 is 1.93 bits per heavy atom. The van der Waals surface area contributed by atoms with Gasteiger partial charge in [-0.2, -0.15) is 0 Å². The number of hydrogen-bond acceptors (Lipinski definition) is 5. The summed E-state index contributed by atoms with van der Waals surface area (Å²) in [5.74, 6) is 2.19. The molecule has 2 aromatic carbocycles. The fourth-order valence-electron chi connectivity index (χ4n) is 3.43.